The molecule has 2 bridgehead atoms. The summed E-state index contributed by atoms with van der Waals surface area (Å²) in [6.07, 6.45) is 8.95. The highest BCUT2D eigenvalue weighted by atomic mass is 35.5. The molecule has 3 atom stereocenters. The average molecular weight is 808 g/mol. The SMILES string of the molecule is N#Cc1ccc(OC2CCC(NC(=O)C(=N)/C=C\C(=N)N3CCC(CN4C[C@H]5C[C@@H]4CN5c4ccc5c(c4)C(=O)N(C4CCC(=O)NC4=O)C5=O)CC3)CC2)cc1Cl. The fourth-order valence-electron chi connectivity index (χ4n) is 9.40. The van der Waals surface area contributed by atoms with E-state index in [2.05, 4.69) is 20.4 Å². The van der Waals surface area contributed by atoms with Crippen molar-refractivity contribution in [1.82, 2.24) is 25.3 Å². The van der Waals surface area contributed by atoms with Crippen LogP contribution in [-0.4, -0.2) is 119 Å². The van der Waals surface area contributed by atoms with Gasteiger partial charge in [0.2, 0.25) is 11.8 Å². The number of nitriles is 1. The van der Waals surface area contributed by atoms with Crippen LogP contribution < -0.4 is 20.3 Å². The van der Waals surface area contributed by atoms with Gasteiger partial charge in [-0.1, -0.05) is 11.6 Å². The number of nitrogens with one attached hydrogen (secondary N) is 4. The van der Waals surface area contributed by atoms with Gasteiger partial charge in [-0.05, 0) is 99.8 Å². The summed E-state index contributed by atoms with van der Waals surface area (Å²) in [5.41, 5.74) is 1.69. The van der Waals surface area contributed by atoms with E-state index in [0.717, 1.165) is 75.4 Å². The van der Waals surface area contributed by atoms with E-state index >= 15 is 0 Å². The molecule has 2 aromatic carbocycles. The maximum atomic E-state index is 13.4. The topological polar surface area (TPSA) is 203 Å². The lowest BCUT2D eigenvalue weighted by Gasteiger charge is -2.39. The number of nitrogens with zero attached hydrogens (tertiary/aromatic N) is 5. The zero-order chi connectivity index (χ0) is 40.7. The minimum Gasteiger partial charge on any atom is -0.490 e. The molecule has 5 aliphatic heterocycles. The second-order valence-corrected chi connectivity index (χ2v) is 16.6. The molecule has 1 saturated carbocycles. The lowest BCUT2D eigenvalue weighted by atomic mass is 9.92. The van der Waals surface area contributed by atoms with Gasteiger partial charge in [-0.2, -0.15) is 5.26 Å². The van der Waals surface area contributed by atoms with Crippen LogP contribution in [0.3, 0.4) is 0 Å². The standard InChI is InChI=1S/C42H46ClN9O6/c43-34-19-31(5-1-25(34)20-44)58-30-6-2-26(3-7-30)47-39(54)35(45)9-11-37(46)49-15-13-24(14-16-49)21-50-22-29-17-28(50)23-51(29)27-4-8-32-33(18-27)42(57)52(41(32)56)36-10-12-38(53)48-40(36)55/h1,4-5,8-9,11,18-19,24,26,28-30,36,45-46H,2-3,6-7,10,12-17,21-23H2,(H,47,54)(H,48,53,55)/b11-9-,45-35?,46-37?/t26?,28-,29-,30?,36?/m1/s1. The first kappa shape index (κ1) is 39.2. The van der Waals surface area contributed by atoms with E-state index in [1.807, 2.05) is 17.0 Å². The Labute approximate surface area is 341 Å². The lowest BCUT2D eigenvalue weighted by molar-refractivity contribution is -0.136. The number of hydrogen-bond donors (Lipinski definition) is 4. The highest BCUT2D eigenvalue weighted by Crippen LogP contribution is 2.38. The van der Waals surface area contributed by atoms with Crippen LogP contribution in [0.5, 0.6) is 5.75 Å². The van der Waals surface area contributed by atoms with Crippen molar-refractivity contribution in [3.8, 4) is 11.8 Å². The molecule has 58 heavy (non-hydrogen) atoms. The monoisotopic (exact) mass is 807 g/mol. The van der Waals surface area contributed by atoms with Crippen LogP contribution in [0.4, 0.5) is 5.69 Å². The number of benzene rings is 2. The van der Waals surface area contributed by atoms with Crippen LogP contribution in [-0.2, 0) is 14.4 Å². The van der Waals surface area contributed by atoms with Gasteiger partial charge in [0.05, 0.1) is 27.8 Å². The largest absolute Gasteiger partial charge is 0.490 e. The summed E-state index contributed by atoms with van der Waals surface area (Å²) < 4.78 is 6.04. The Balaban J connectivity index is 0.749. The van der Waals surface area contributed by atoms with E-state index < -0.39 is 35.6 Å². The fraction of sp³-hybridized carbons (Fsp3) is 0.476. The molecule has 15 nitrogen and oxygen atoms in total. The van der Waals surface area contributed by atoms with Crippen LogP contribution >= 0.6 is 11.6 Å². The summed E-state index contributed by atoms with van der Waals surface area (Å²) in [5.74, 6) is -1.07. The molecule has 1 aliphatic carbocycles. The van der Waals surface area contributed by atoms with Gasteiger partial charge in [0, 0.05) is 69.0 Å². The Morgan fingerprint density at radius 2 is 1.69 bits per heavy atom. The molecule has 1 unspecified atom stereocenters. The van der Waals surface area contributed by atoms with Crippen LogP contribution in [0, 0.1) is 28.1 Å². The second kappa shape index (κ2) is 16.3. The van der Waals surface area contributed by atoms with Gasteiger partial charge >= 0.3 is 0 Å². The third kappa shape index (κ3) is 7.95. The smallest absolute Gasteiger partial charge is 0.269 e. The zero-order valence-electron chi connectivity index (χ0n) is 32.0. The Morgan fingerprint density at radius 3 is 2.38 bits per heavy atom. The normalized spacial score (nSPS) is 26.2. The predicted octanol–water partition coefficient (Wildman–Crippen LogP) is 3.65. The number of piperidine rings is 2. The molecule has 0 aromatic heterocycles. The summed E-state index contributed by atoms with van der Waals surface area (Å²) >= 11 is 6.13. The van der Waals surface area contributed by atoms with E-state index in [1.54, 1.807) is 36.4 Å². The second-order valence-electron chi connectivity index (χ2n) is 16.2. The number of fused-ring (bicyclic) bond motifs is 3. The van der Waals surface area contributed by atoms with Gasteiger partial charge in [0.1, 0.15) is 29.4 Å². The summed E-state index contributed by atoms with van der Waals surface area (Å²) in [6.45, 7) is 4.18. The molecule has 4 saturated heterocycles. The van der Waals surface area contributed by atoms with Gasteiger partial charge < -0.3 is 19.9 Å². The van der Waals surface area contributed by atoms with Gasteiger partial charge in [0.15, 0.2) is 0 Å². The molecule has 8 rings (SSSR count). The Morgan fingerprint density at radius 1 is 0.931 bits per heavy atom. The van der Waals surface area contributed by atoms with E-state index in [0.29, 0.717) is 52.5 Å². The molecule has 302 valence electrons. The van der Waals surface area contributed by atoms with Crippen molar-refractivity contribution in [2.75, 3.05) is 37.6 Å². The summed E-state index contributed by atoms with van der Waals surface area (Å²) in [4.78, 5) is 71.3. The molecule has 5 amide bonds. The minimum absolute atomic E-state index is 0.0221. The number of amides is 5. The molecule has 5 fully saturated rings. The number of anilines is 1. The van der Waals surface area contributed by atoms with Gasteiger partial charge in [-0.15, -0.1) is 0 Å². The Hall–Kier alpha value is -5.59. The molecule has 5 heterocycles. The molecule has 0 radical (unpaired) electrons. The van der Waals surface area contributed by atoms with Crippen LogP contribution in [0.1, 0.15) is 84.1 Å². The van der Waals surface area contributed by atoms with E-state index in [9.17, 15) is 24.0 Å². The summed E-state index contributed by atoms with van der Waals surface area (Å²) in [6, 6.07) is 12.0. The molecule has 2 aromatic rings. The van der Waals surface area contributed by atoms with Gasteiger partial charge in [-0.25, -0.2) is 0 Å². The average Bonchev–Trinajstić information content (AvgIpc) is 3.89. The zero-order valence-corrected chi connectivity index (χ0v) is 32.8. The number of carbonyl (C=O) groups is 5. The van der Waals surface area contributed by atoms with Crippen molar-refractivity contribution < 1.29 is 28.7 Å². The molecule has 4 N–H and O–H groups in total. The van der Waals surface area contributed by atoms with Crippen molar-refractivity contribution in [1.29, 1.82) is 16.1 Å². The first-order chi connectivity index (χ1) is 27.9. The quantitative estimate of drug-likeness (QED) is 0.156. The first-order valence-corrected chi connectivity index (χ1v) is 20.5. The Kier molecular flexibility index (Phi) is 11.1. The van der Waals surface area contributed by atoms with Crippen LogP contribution in [0.15, 0.2) is 48.6 Å². The number of piperazine rings is 1. The highest BCUT2D eigenvalue weighted by Gasteiger charge is 2.47. The van der Waals surface area contributed by atoms with E-state index in [4.69, 9.17) is 32.4 Å². The number of halogens is 1. The van der Waals surface area contributed by atoms with Crippen molar-refractivity contribution in [2.45, 2.75) is 88.1 Å². The van der Waals surface area contributed by atoms with Crippen molar-refractivity contribution in [3.05, 3.63) is 70.3 Å². The van der Waals surface area contributed by atoms with E-state index in [-0.39, 0.29) is 42.3 Å². The van der Waals surface area contributed by atoms with Gasteiger partial charge in [0.25, 0.3) is 17.7 Å². The van der Waals surface area contributed by atoms with E-state index in [1.165, 1.54) is 6.08 Å². The van der Waals surface area contributed by atoms with Gasteiger partial charge in [-0.3, -0.25) is 49.9 Å². The Bertz CT molecular complexity index is 2140. The molecular weight excluding hydrogens is 762 g/mol. The van der Waals surface area contributed by atoms with Crippen LogP contribution in [0.25, 0.3) is 0 Å². The third-order valence-corrected chi connectivity index (χ3v) is 12.9. The van der Waals surface area contributed by atoms with Crippen molar-refractivity contribution in [3.63, 3.8) is 0 Å². The maximum Gasteiger partial charge on any atom is 0.269 e. The highest BCUT2D eigenvalue weighted by molar-refractivity contribution is 6.42. The lowest BCUT2D eigenvalue weighted by Crippen LogP contribution is -2.54. The molecule has 16 heteroatoms. The van der Waals surface area contributed by atoms with Crippen molar-refractivity contribution >= 4 is 58.4 Å². The number of imide groups is 2. The third-order valence-electron chi connectivity index (χ3n) is 12.6. The number of carbonyl (C=O) groups excluding carboxylic acids is 5. The number of hydrogen-bond acceptors (Lipinski definition) is 11. The van der Waals surface area contributed by atoms with Crippen molar-refractivity contribution in [2.24, 2.45) is 5.92 Å². The number of rotatable bonds is 10. The number of ether oxygens (including phenoxy) is 1. The predicted molar refractivity (Wildman–Crippen MR) is 214 cm³/mol. The summed E-state index contributed by atoms with van der Waals surface area (Å²) in [5, 5.41) is 31.5. The summed E-state index contributed by atoms with van der Waals surface area (Å²) in [7, 11) is 0. The molecular formula is C42H46ClN9O6. The first-order valence-electron chi connectivity index (χ1n) is 20.1. The molecule has 6 aliphatic rings. The maximum absolute atomic E-state index is 13.4. The van der Waals surface area contributed by atoms with Crippen LogP contribution in [0.2, 0.25) is 5.02 Å². The number of amidine groups is 1. The fourth-order valence-corrected chi connectivity index (χ4v) is 9.61. The number of likely N-dealkylation sites (tertiary alicyclic amines) is 2. The molecule has 0 spiro atoms. The minimum atomic E-state index is -0.986.